The van der Waals surface area contributed by atoms with Crippen LogP contribution in [0.4, 0.5) is 27.9 Å². The minimum absolute atomic E-state index is 0.102. The van der Waals surface area contributed by atoms with Gasteiger partial charge in [-0.25, -0.2) is 24.4 Å². The highest BCUT2D eigenvalue weighted by Gasteiger charge is 2.26. The van der Waals surface area contributed by atoms with Gasteiger partial charge in [-0.3, -0.25) is 10.1 Å². The number of pyridine rings is 1. The van der Waals surface area contributed by atoms with Gasteiger partial charge in [0.25, 0.3) is 5.91 Å². The zero-order chi connectivity index (χ0) is 39.4. The summed E-state index contributed by atoms with van der Waals surface area (Å²) < 4.78 is 8.09. The maximum absolute atomic E-state index is 13.5. The molecule has 0 spiro atoms. The van der Waals surface area contributed by atoms with Crippen LogP contribution in [0.1, 0.15) is 60.9 Å². The number of likely N-dealkylation sites (tertiary alicyclic amines) is 1. The van der Waals surface area contributed by atoms with E-state index < -0.39 is 0 Å². The smallest absolute Gasteiger partial charge is 0.324 e. The Bertz CT molecular complexity index is 2320. The third-order valence-electron chi connectivity index (χ3n) is 9.96. The molecule has 1 saturated heterocycles. The first-order valence-electron chi connectivity index (χ1n) is 18.8. The van der Waals surface area contributed by atoms with E-state index in [1.54, 1.807) is 17.1 Å². The van der Waals surface area contributed by atoms with Crippen molar-refractivity contribution < 1.29 is 14.3 Å². The maximum Gasteiger partial charge on any atom is 0.324 e. The maximum atomic E-state index is 13.5. The Balaban J connectivity index is 0.994. The fraction of sp³-hybridized carbons (Fsp3) is 0.302. The Hall–Kier alpha value is -6.34. The van der Waals surface area contributed by atoms with E-state index in [4.69, 9.17) is 9.84 Å². The largest absolute Gasteiger partial charge is 0.488 e. The predicted octanol–water partition coefficient (Wildman–Crippen LogP) is 7.95. The average Bonchev–Trinajstić information content (AvgIpc) is 3.62. The fourth-order valence-corrected chi connectivity index (χ4v) is 6.67. The number of hydrogen-bond donors (Lipinski definition) is 3. The summed E-state index contributed by atoms with van der Waals surface area (Å²) in [5.41, 5.74) is 4.49. The van der Waals surface area contributed by atoms with Crippen LogP contribution in [0.2, 0.25) is 0 Å². The summed E-state index contributed by atoms with van der Waals surface area (Å²) in [6.07, 6.45) is 6.64. The van der Waals surface area contributed by atoms with E-state index in [9.17, 15) is 9.59 Å². The summed E-state index contributed by atoms with van der Waals surface area (Å²) in [6.45, 7) is 10.0. The molecule has 1 aliphatic heterocycles. The summed E-state index contributed by atoms with van der Waals surface area (Å²) in [6, 6.07) is 25.3. The van der Waals surface area contributed by atoms with Gasteiger partial charge in [-0.15, -0.1) is 0 Å². The van der Waals surface area contributed by atoms with Crippen LogP contribution in [0.5, 0.6) is 5.75 Å². The molecule has 4 heterocycles. The van der Waals surface area contributed by atoms with Gasteiger partial charge in [0.15, 0.2) is 0 Å². The molecule has 0 saturated carbocycles. The number of anilines is 4. The second-order valence-electron chi connectivity index (χ2n) is 15.4. The summed E-state index contributed by atoms with van der Waals surface area (Å²) >= 11 is 0. The molecular weight excluding hydrogens is 705 g/mol. The van der Waals surface area contributed by atoms with Crippen molar-refractivity contribution in [2.75, 3.05) is 43.1 Å². The van der Waals surface area contributed by atoms with Crippen LogP contribution in [0.25, 0.3) is 16.5 Å². The Morgan fingerprint density at radius 3 is 2.30 bits per heavy atom. The molecule has 13 nitrogen and oxygen atoms in total. The third-order valence-corrected chi connectivity index (χ3v) is 9.96. The Kier molecular flexibility index (Phi) is 11.0. The number of carbonyl (C=O) groups excluding carboxylic acids is 2. The highest BCUT2D eigenvalue weighted by Crippen LogP contribution is 2.33. The monoisotopic (exact) mass is 752 g/mol. The number of carbonyl (C=O) groups is 2. The van der Waals surface area contributed by atoms with Crippen LogP contribution in [0, 0.1) is 6.92 Å². The van der Waals surface area contributed by atoms with Crippen LogP contribution >= 0.6 is 0 Å². The molecule has 0 atom stereocenters. The Morgan fingerprint density at radius 2 is 1.61 bits per heavy atom. The lowest BCUT2D eigenvalue weighted by Crippen LogP contribution is -2.44. The summed E-state index contributed by atoms with van der Waals surface area (Å²) in [5, 5.41) is 15.8. The van der Waals surface area contributed by atoms with Crippen molar-refractivity contribution in [3.63, 3.8) is 0 Å². The van der Waals surface area contributed by atoms with Crippen LogP contribution in [0.3, 0.4) is 0 Å². The average molecular weight is 753 g/mol. The molecule has 7 rings (SSSR count). The highest BCUT2D eigenvalue weighted by atomic mass is 16.5. The minimum atomic E-state index is -0.388. The van der Waals surface area contributed by atoms with Crippen molar-refractivity contribution in [2.24, 2.45) is 0 Å². The summed E-state index contributed by atoms with van der Waals surface area (Å²) in [5.74, 6) is 2.18. The first-order valence-corrected chi connectivity index (χ1v) is 18.8. The van der Waals surface area contributed by atoms with Gasteiger partial charge >= 0.3 is 6.03 Å². The SMILES string of the molecule is Cc1ccc(-n2nc(C(C)(C)C)cc2NC(=O)Nc2ccc(OCc3ccnc(Nc4cnc(C(=O)N5CCC(N(C)C)CC5)cn4)c3)c3ccccc23)cc1. The molecule has 1 aliphatic rings. The van der Waals surface area contributed by atoms with E-state index >= 15 is 0 Å². The Morgan fingerprint density at radius 1 is 0.857 bits per heavy atom. The Labute approximate surface area is 327 Å². The van der Waals surface area contributed by atoms with Crippen LogP contribution in [-0.2, 0) is 12.0 Å². The van der Waals surface area contributed by atoms with Crippen molar-refractivity contribution in [3.05, 3.63) is 120 Å². The number of aromatic nitrogens is 5. The molecule has 6 aromatic rings. The second-order valence-corrected chi connectivity index (χ2v) is 15.4. The van der Waals surface area contributed by atoms with E-state index in [0.29, 0.717) is 53.7 Å². The molecule has 3 N–H and O–H groups in total. The fourth-order valence-electron chi connectivity index (χ4n) is 6.67. The normalized spacial score (nSPS) is 13.5. The number of fused-ring (bicyclic) bond motifs is 1. The van der Waals surface area contributed by atoms with Gasteiger partial charge in [0.2, 0.25) is 0 Å². The summed E-state index contributed by atoms with van der Waals surface area (Å²) in [7, 11) is 4.16. The van der Waals surface area contributed by atoms with E-state index in [2.05, 4.69) is 70.7 Å². The number of aryl methyl sites for hydroxylation is 1. The molecule has 3 aromatic carbocycles. The molecule has 0 unspecified atom stereocenters. The molecule has 288 valence electrons. The lowest BCUT2D eigenvalue weighted by atomic mass is 9.92. The topological polar surface area (TPSA) is 142 Å². The molecule has 0 radical (unpaired) electrons. The number of amides is 3. The minimum Gasteiger partial charge on any atom is -0.488 e. The zero-order valence-corrected chi connectivity index (χ0v) is 32.7. The van der Waals surface area contributed by atoms with E-state index in [1.165, 1.54) is 6.20 Å². The van der Waals surface area contributed by atoms with Crippen molar-refractivity contribution in [3.8, 4) is 11.4 Å². The number of urea groups is 1. The number of benzene rings is 3. The first-order chi connectivity index (χ1) is 26.9. The lowest BCUT2D eigenvalue weighted by Gasteiger charge is -2.34. The van der Waals surface area contributed by atoms with Gasteiger partial charge in [-0.05, 0) is 75.8 Å². The molecule has 0 aliphatic carbocycles. The van der Waals surface area contributed by atoms with Crippen LogP contribution in [0.15, 0.2) is 97.5 Å². The van der Waals surface area contributed by atoms with E-state index in [1.807, 2.05) is 90.7 Å². The number of nitrogens with one attached hydrogen (secondary N) is 3. The third kappa shape index (κ3) is 8.79. The van der Waals surface area contributed by atoms with Crippen molar-refractivity contribution in [2.45, 2.75) is 58.6 Å². The lowest BCUT2D eigenvalue weighted by molar-refractivity contribution is 0.0657. The van der Waals surface area contributed by atoms with Gasteiger partial charge in [-0.1, -0.05) is 62.7 Å². The zero-order valence-electron chi connectivity index (χ0n) is 32.7. The van der Waals surface area contributed by atoms with E-state index in [0.717, 1.165) is 46.1 Å². The first kappa shape index (κ1) is 38.0. The van der Waals surface area contributed by atoms with E-state index in [-0.39, 0.29) is 24.0 Å². The van der Waals surface area contributed by atoms with Gasteiger partial charge in [0.05, 0.1) is 29.5 Å². The van der Waals surface area contributed by atoms with Gasteiger partial charge in [0.1, 0.15) is 35.5 Å². The number of ether oxygens (including phenoxy) is 1. The van der Waals surface area contributed by atoms with Crippen LogP contribution < -0.4 is 20.7 Å². The van der Waals surface area contributed by atoms with Gasteiger partial charge < -0.3 is 25.2 Å². The number of piperidine rings is 1. The quantitative estimate of drug-likeness (QED) is 0.127. The number of nitrogens with zero attached hydrogens (tertiary/aromatic N) is 7. The van der Waals surface area contributed by atoms with Gasteiger partial charge in [-0.2, -0.15) is 5.10 Å². The number of rotatable bonds is 10. The molecule has 3 aromatic heterocycles. The predicted molar refractivity (Wildman–Crippen MR) is 220 cm³/mol. The van der Waals surface area contributed by atoms with Crippen molar-refractivity contribution in [1.82, 2.24) is 34.5 Å². The molecule has 56 heavy (non-hydrogen) atoms. The number of hydrogen-bond acceptors (Lipinski definition) is 9. The molecular formula is C43H48N10O3. The summed E-state index contributed by atoms with van der Waals surface area (Å²) in [4.78, 5) is 43.8. The standard InChI is InChI=1S/C43H48N10O3/c1-28-11-13-31(14-12-28)53-40(24-37(50-53)43(2,3)4)49-42(55)47-34-15-16-36(33-10-8-7-9-32(33)34)56-27-29-17-20-44-38(23-29)48-39-26-45-35(25-46-39)41(54)52-21-18-30(19-22-52)51(5)6/h7-17,20,23-26,30H,18-19,21-22,27H2,1-6H3,(H,44,46,48)(H2,47,49,55). The molecule has 3 amide bonds. The molecule has 1 fully saturated rings. The second kappa shape index (κ2) is 16.2. The molecule has 13 heteroatoms. The van der Waals surface area contributed by atoms with Crippen molar-refractivity contribution >= 4 is 45.9 Å². The molecule has 0 bridgehead atoms. The highest BCUT2D eigenvalue weighted by molar-refractivity contribution is 6.07. The van der Waals surface area contributed by atoms with Gasteiger partial charge in [0, 0.05) is 47.6 Å². The van der Waals surface area contributed by atoms with Crippen molar-refractivity contribution in [1.29, 1.82) is 0 Å². The van der Waals surface area contributed by atoms with Crippen LogP contribution in [-0.4, -0.2) is 79.7 Å².